The van der Waals surface area contributed by atoms with Crippen molar-refractivity contribution in [2.75, 3.05) is 0 Å². The van der Waals surface area contributed by atoms with E-state index < -0.39 is 0 Å². The number of nitrogens with one attached hydrogen (secondary N) is 1. The summed E-state index contributed by atoms with van der Waals surface area (Å²) in [4.78, 5) is 15.8. The van der Waals surface area contributed by atoms with Crippen molar-refractivity contribution in [3.8, 4) is 0 Å². The first kappa shape index (κ1) is 9.36. The minimum atomic E-state index is -0.135. The lowest BCUT2D eigenvalue weighted by molar-refractivity contribution is -0.115. The normalized spacial score (nSPS) is 18.7. The van der Waals surface area contributed by atoms with E-state index in [0.29, 0.717) is 9.23 Å². The van der Waals surface area contributed by atoms with Gasteiger partial charge in [-0.3, -0.25) is 9.78 Å². The largest absolute Gasteiger partial charge is 0.307 e. The molecule has 1 saturated heterocycles. The van der Waals surface area contributed by atoms with E-state index >= 15 is 0 Å². The van der Waals surface area contributed by atoms with E-state index in [1.54, 1.807) is 18.5 Å². The van der Waals surface area contributed by atoms with Crippen LogP contribution >= 0.6 is 24.0 Å². The summed E-state index contributed by atoms with van der Waals surface area (Å²) in [5.41, 5.74) is 0.898. The first-order valence-electron chi connectivity index (χ1n) is 3.90. The van der Waals surface area contributed by atoms with Gasteiger partial charge in [0.1, 0.15) is 4.32 Å². The molecule has 0 aliphatic carbocycles. The minimum absolute atomic E-state index is 0.135. The second kappa shape index (κ2) is 3.89. The fourth-order valence-corrected chi connectivity index (χ4v) is 2.08. The molecule has 5 heteroatoms. The number of rotatable bonds is 1. The van der Waals surface area contributed by atoms with Crippen LogP contribution in [0.25, 0.3) is 6.08 Å². The number of hydrogen-bond acceptors (Lipinski definition) is 4. The zero-order chi connectivity index (χ0) is 9.97. The summed E-state index contributed by atoms with van der Waals surface area (Å²) in [6.45, 7) is 0. The Labute approximate surface area is 90.6 Å². The Hall–Kier alpha value is -1.20. The summed E-state index contributed by atoms with van der Waals surface area (Å²) in [5, 5.41) is 2.55. The van der Waals surface area contributed by atoms with Crippen molar-refractivity contribution in [2.45, 2.75) is 0 Å². The second-order valence-electron chi connectivity index (χ2n) is 2.64. The zero-order valence-corrected chi connectivity index (χ0v) is 8.69. The number of thioether (sulfide) groups is 1. The van der Waals surface area contributed by atoms with Gasteiger partial charge in [0.05, 0.1) is 4.91 Å². The van der Waals surface area contributed by atoms with Gasteiger partial charge in [0.15, 0.2) is 0 Å². The van der Waals surface area contributed by atoms with E-state index in [2.05, 4.69) is 10.3 Å². The highest BCUT2D eigenvalue weighted by Crippen LogP contribution is 2.25. The molecule has 1 amide bonds. The molecule has 0 atom stereocenters. The number of amides is 1. The predicted molar refractivity (Wildman–Crippen MR) is 60.5 cm³/mol. The Morgan fingerprint density at radius 2 is 2.43 bits per heavy atom. The van der Waals surface area contributed by atoms with Gasteiger partial charge in [-0.2, -0.15) is 0 Å². The summed E-state index contributed by atoms with van der Waals surface area (Å²) < 4.78 is 0.505. The van der Waals surface area contributed by atoms with Crippen LogP contribution in [0.2, 0.25) is 0 Å². The number of carbonyl (C=O) groups excluding carboxylic acids is 1. The summed E-state index contributed by atoms with van der Waals surface area (Å²) in [6.07, 6.45) is 5.16. The molecule has 1 aromatic heterocycles. The first-order chi connectivity index (χ1) is 6.75. The molecular formula is C9H6N2OS2. The van der Waals surface area contributed by atoms with Gasteiger partial charge in [-0.1, -0.05) is 30.0 Å². The third kappa shape index (κ3) is 2.00. The highest BCUT2D eigenvalue weighted by molar-refractivity contribution is 8.26. The predicted octanol–water partition coefficient (Wildman–Crippen LogP) is 1.57. The van der Waals surface area contributed by atoms with Gasteiger partial charge in [0.2, 0.25) is 0 Å². The van der Waals surface area contributed by atoms with Crippen LogP contribution < -0.4 is 5.32 Å². The van der Waals surface area contributed by atoms with Crippen LogP contribution in [0.4, 0.5) is 0 Å². The molecule has 1 aliphatic rings. The number of pyridine rings is 1. The molecule has 3 nitrogen and oxygen atoms in total. The molecular weight excluding hydrogens is 216 g/mol. The van der Waals surface area contributed by atoms with E-state index in [1.165, 1.54) is 11.8 Å². The van der Waals surface area contributed by atoms with Crippen molar-refractivity contribution in [2.24, 2.45) is 0 Å². The molecule has 0 bridgehead atoms. The average molecular weight is 222 g/mol. The Bertz CT molecular complexity index is 414. The topological polar surface area (TPSA) is 42.0 Å². The zero-order valence-electron chi connectivity index (χ0n) is 7.06. The SMILES string of the molecule is O=C1NC(=S)S/C1=C/c1cccnc1. The van der Waals surface area contributed by atoms with E-state index in [0.717, 1.165) is 5.56 Å². The van der Waals surface area contributed by atoms with Crippen LogP contribution in [-0.2, 0) is 4.79 Å². The lowest BCUT2D eigenvalue weighted by Crippen LogP contribution is -2.17. The highest BCUT2D eigenvalue weighted by atomic mass is 32.2. The van der Waals surface area contributed by atoms with Crippen LogP contribution in [0.1, 0.15) is 5.56 Å². The fourth-order valence-electron chi connectivity index (χ4n) is 1.03. The van der Waals surface area contributed by atoms with E-state index in [4.69, 9.17) is 12.2 Å². The summed E-state index contributed by atoms with van der Waals surface area (Å²) in [6, 6.07) is 3.71. The Morgan fingerprint density at radius 3 is 3.00 bits per heavy atom. The second-order valence-corrected chi connectivity index (χ2v) is 4.36. The number of hydrogen-bond donors (Lipinski definition) is 1. The number of carbonyl (C=O) groups is 1. The van der Waals surface area contributed by atoms with Crippen molar-refractivity contribution in [1.82, 2.24) is 10.3 Å². The molecule has 14 heavy (non-hydrogen) atoms. The number of nitrogens with zero attached hydrogens (tertiary/aromatic N) is 1. The van der Waals surface area contributed by atoms with Gasteiger partial charge in [-0.25, -0.2) is 0 Å². The van der Waals surface area contributed by atoms with Crippen LogP contribution in [0, 0.1) is 0 Å². The van der Waals surface area contributed by atoms with E-state index in [9.17, 15) is 4.79 Å². The molecule has 0 spiro atoms. The monoisotopic (exact) mass is 222 g/mol. The maximum absolute atomic E-state index is 11.3. The van der Waals surface area contributed by atoms with E-state index in [-0.39, 0.29) is 5.91 Å². The molecule has 0 radical (unpaired) electrons. The molecule has 1 fully saturated rings. The van der Waals surface area contributed by atoms with Gasteiger partial charge in [0, 0.05) is 12.4 Å². The molecule has 1 aliphatic heterocycles. The van der Waals surface area contributed by atoms with Crippen LogP contribution in [0.3, 0.4) is 0 Å². The maximum atomic E-state index is 11.3. The van der Waals surface area contributed by atoms with Gasteiger partial charge in [0.25, 0.3) is 5.91 Å². The van der Waals surface area contributed by atoms with Gasteiger partial charge >= 0.3 is 0 Å². The van der Waals surface area contributed by atoms with Gasteiger partial charge in [-0.05, 0) is 17.7 Å². The molecule has 70 valence electrons. The van der Waals surface area contributed by atoms with Crippen molar-refractivity contribution < 1.29 is 4.79 Å². The molecule has 1 N–H and O–H groups in total. The molecule has 0 aromatic carbocycles. The lowest BCUT2D eigenvalue weighted by Gasteiger charge is -1.92. The van der Waals surface area contributed by atoms with Crippen molar-refractivity contribution in [3.05, 3.63) is 35.0 Å². The van der Waals surface area contributed by atoms with Crippen molar-refractivity contribution >= 4 is 40.3 Å². The van der Waals surface area contributed by atoms with Crippen molar-refractivity contribution in [1.29, 1.82) is 0 Å². The molecule has 0 unspecified atom stereocenters. The number of aromatic nitrogens is 1. The van der Waals surface area contributed by atoms with Crippen LogP contribution in [-0.4, -0.2) is 15.2 Å². The molecule has 2 rings (SSSR count). The first-order valence-corrected chi connectivity index (χ1v) is 5.13. The quantitative estimate of drug-likeness (QED) is 0.578. The Kier molecular flexibility index (Phi) is 2.60. The highest BCUT2D eigenvalue weighted by Gasteiger charge is 2.21. The number of thiocarbonyl (C=S) groups is 1. The molecule has 1 aromatic rings. The van der Waals surface area contributed by atoms with Gasteiger partial charge in [-0.15, -0.1) is 0 Å². The fraction of sp³-hybridized carbons (Fsp3) is 0. The average Bonchev–Trinajstić information content (AvgIpc) is 2.47. The molecule has 2 heterocycles. The van der Waals surface area contributed by atoms with Crippen LogP contribution in [0.5, 0.6) is 0 Å². The smallest absolute Gasteiger partial charge is 0.263 e. The third-order valence-corrected chi connectivity index (χ3v) is 2.79. The summed E-state index contributed by atoms with van der Waals surface area (Å²) in [7, 11) is 0. The Balaban J connectivity index is 2.28. The summed E-state index contributed by atoms with van der Waals surface area (Å²) in [5.74, 6) is -0.135. The standard InChI is InChI=1S/C9H6N2OS2/c12-8-7(14-9(13)11-8)4-6-2-1-3-10-5-6/h1-5H,(H,11,12,13)/b7-4+. The lowest BCUT2D eigenvalue weighted by atomic mass is 10.2. The molecule has 0 saturated carbocycles. The maximum Gasteiger partial charge on any atom is 0.263 e. The van der Waals surface area contributed by atoms with E-state index in [1.807, 2.05) is 12.1 Å². The van der Waals surface area contributed by atoms with Crippen LogP contribution in [0.15, 0.2) is 29.4 Å². The van der Waals surface area contributed by atoms with Crippen molar-refractivity contribution in [3.63, 3.8) is 0 Å². The summed E-state index contributed by atoms with van der Waals surface area (Å²) >= 11 is 6.14. The van der Waals surface area contributed by atoms with Gasteiger partial charge < -0.3 is 5.32 Å². The Morgan fingerprint density at radius 1 is 1.57 bits per heavy atom. The minimum Gasteiger partial charge on any atom is -0.307 e. The third-order valence-electron chi connectivity index (χ3n) is 1.62.